The van der Waals surface area contributed by atoms with Gasteiger partial charge in [-0.15, -0.1) is 11.3 Å². The molecule has 4 nitrogen and oxygen atoms in total. The molecule has 2 heterocycles. The normalized spacial score (nSPS) is 11.1. The molecule has 5 heteroatoms. The van der Waals surface area contributed by atoms with Gasteiger partial charge in [-0.3, -0.25) is 9.59 Å². The molecule has 27 heavy (non-hydrogen) atoms. The van der Waals surface area contributed by atoms with Crippen molar-refractivity contribution in [3.05, 3.63) is 74.9 Å². The van der Waals surface area contributed by atoms with Gasteiger partial charge in [0.1, 0.15) is 10.7 Å². The van der Waals surface area contributed by atoms with E-state index in [2.05, 4.69) is 9.97 Å². The number of ketones is 1. The maximum Gasteiger partial charge on any atom is 0.260 e. The number of rotatable bonds is 3. The molecule has 0 fully saturated rings. The van der Waals surface area contributed by atoms with Gasteiger partial charge in [0.05, 0.1) is 5.39 Å². The zero-order valence-corrected chi connectivity index (χ0v) is 16.1. The van der Waals surface area contributed by atoms with E-state index >= 15 is 0 Å². The fourth-order valence-corrected chi connectivity index (χ4v) is 4.25. The lowest BCUT2D eigenvalue weighted by molar-refractivity contribution is 0.101. The Morgan fingerprint density at radius 1 is 1.04 bits per heavy atom. The average molecular weight is 374 g/mol. The number of carbonyl (C=O) groups is 1. The van der Waals surface area contributed by atoms with Crippen LogP contribution >= 0.6 is 11.3 Å². The van der Waals surface area contributed by atoms with Gasteiger partial charge < -0.3 is 4.98 Å². The molecule has 0 atom stereocenters. The van der Waals surface area contributed by atoms with Crippen molar-refractivity contribution in [1.29, 1.82) is 0 Å². The number of aromatic amines is 1. The number of H-pyrrole nitrogens is 1. The number of fused-ring (bicyclic) bond motifs is 1. The Kier molecular flexibility index (Phi) is 4.24. The summed E-state index contributed by atoms with van der Waals surface area (Å²) in [6, 6.07) is 15.3. The lowest BCUT2D eigenvalue weighted by Gasteiger charge is -2.05. The number of benzene rings is 2. The molecule has 2 aromatic heterocycles. The highest BCUT2D eigenvalue weighted by Gasteiger charge is 2.17. The zero-order chi connectivity index (χ0) is 19.1. The van der Waals surface area contributed by atoms with Crippen LogP contribution in [0.25, 0.3) is 32.7 Å². The zero-order valence-electron chi connectivity index (χ0n) is 15.3. The number of hydrogen-bond donors (Lipinski definition) is 1. The number of aromatic nitrogens is 2. The van der Waals surface area contributed by atoms with E-state index < -0.39 is 0 Å². The first-order valence-electron chi connectivity index (χ1n) is 8.66. The summed E-state index contributed by atoms with van der Waals surface area (Å²) >= 11 is 1.51. The fraction of sp³-hybridized carbons (Fsp3) is 0.136. The monoisotopic (exact) mass is 374 g/mol. The Morgan fingerprint density at radius 2 is 1.78 bits per heavy atom. The van der Waals surface area contributed by atoms with Gasteiger partial charge in [-0.05, 0) is 32.4 Å². The molecule has 0 saturated carbocycles. The number of nitrogens with zero attached hydrogens (tertiary/aromatic N) is 1. The summed E-state index contributed by atoms with van der Waals surface area (Å²) in [4.78, 5) is 33.9. The Bertz CT molecular complexity index is 1230. The fourth-order valence-electron chi connectivity index (χ4n) is 3.21. The van der Waals surface area contributed by atoms with Crippen molar-refractivity contribution in [2.75, 3.05) is 0 Å². The predicted octanol–water partition coefficient (Wildman–Crippen LogP) is 5.14. The average Bonchev–Trinajstić information content (AvgIpc) is 2.99. The second kappa shape index (κ2) is 6.59. The summed E-state index contributed by atoms with van der Waals surface area (Å²) in [7, 11) is 0. The van der Waals surface area contributed by atoms with Crippen LogP contribution in [0.2, 0.25) is 0 Å². The van der Waals surface area contributed by atoms with Crippen LogP contribution in [0, 0.1) is 13.8 Å². The number of carbonyl (C=O) groups excluding carboxylic acids is 1. The highest BCUT2D eigenvalue weighted by Crippen LogP contribution is 2.36. The van der Waals surface area contributed by atoms with Crippen LogP contribution in [0.15, 0.2) is 53.3 Å². The third-order valence-electron chi connectivity index (χ3n) is 4.62. The minimum atomic E-state index is -0.164. The number of Topliss-reactive ketones (excluding diaryl/α,β-unsaturated/α-hetero) is 1. The van der Waals surface area contributed by atoms with Gasteiger partial charge in [0.15, 0.2) is 5.78 Å². The van der Waals surface area contributed by atoms with Gasteiger partial charge in [0.25, 0.3) is 5.56 Å². The highest BCUT2D eigenvalue weighted by molar-refractivity contribution is 7.19. The standard InChI is InChI=1S/C22H18N2O2S/c1-12-7-9-15(10-8-12)18-14(3)27-22-19(18)21(26)23-20(24-22)17-6-4-5-16(11-17)13(2)25/h4-11H,1-3H3,(H,23,24,26). The maximum atomic E-state index is 12.9. The second-order valence-corrected chi connectivity index (χ2v) is 7.83. The van der Waals surface area contributed by atoms with Crippen molar-refractivity contribution in [2.45, 2.75) is 20.8 Å². The third-order valence-corrected chi connectivity index (χ3v) is 5.62. The predicted molar refractivity (Wildman–Crippen MR) is 111 cm³/mol. The Hall–Kier alpha value is -3.05. The smallest absolute Gasteiger partial charge is 0.260 e. The molecule has 0 spiro atoms. The lowest BCUT2D eigenvalue weighted by atomic mass is 10.0. The summed E-state index contributed by atoms with van der Waals surface area (Å²) in [5, 5.41) is 0.618. The molecule has 0 saturated heterocycles. The topological polar surface area (TPSA) is 62.8 Å². The lowest BCUT2D eigenvalue weighted by Crippen LogP contribution is -2.09. The number of nitrogens with one attached hydrogen (secondary N) is 1. The molecule has 4 rings (SSSR count). The van der Waals surface area contributed by atoms with Crippen molar-refractivity contribution in [2.24, 2.45) is 0 Å². The van der Waals surface area contributed by atoms with E-state index in [1.165, 1.54) is 23.8 Å². The quantitative estimate of drug-likeness (QED) is 0.505. The molecule has 0 aliphatic rings. The summed E-state index contributed by atoms with van der Waals surface area (Å²) in [6.07, 6.45) is 0. The van der Waals surface area contributed by atoms with E-state index in [4.69, 9.17) is 0 Å². The van der Waals surface area contributed by atoms with E-state index in [1.54, 1.807) is 18.2 Å². The Morgan fingerprint density at radius 3 is 2.48 bits per heavy atom. The summed E-state index contributed by atoms with van der Waals surface area (Å²) < 4.78 is 0. The molecular weight excluding hydrogens is 356 g/mol. The van der Waals surface area contributed by atoms with E-state index in [0.29, 0.717) is 21.6 Å². The first kappa shape index (κ1) is 17.4. The van der Waals surface area contributed by atoms with Crippen molar-refractivity contribution in [3.8, 4) is 22.5 Å². The van der Waals surface area contributed by atoms with Gasteiger partial charge in [-0.25, -0.2) is 4.98 Å². The van der Waals surface area contributed by atoms with Crippen LogP contribution in [0.4, 0.5) is 0 Å². The largest absolute Gasteiger partial charge is 0.306 e. The summed E-state index contributed by atoms with van der Waals surface area (Å²) in [5.74, 6) is 0.459. The van der Waals surface area contributed by atoms with Crippen LogP contribution in [0.5, 0.6) is 0 Å². The summed E-state index contributed by atoms with van der Waals surface area (Å²) in [6.45, 7) is 5.57. The number of hydrogen-bond acceptors (Lipinski definition) is 4. The SMILES string of the molecule is CC(=O)c1cccc(-c2nc3sc(C)c(-c4ccc(C)cc4)c3c(=O)[nH]2)c1. The molecular formula is C22H18N2O2S. The molecule has 0 amide bonds. The van der Waals surface area contributed by atoms with Crippen LogP contribution in [0.3, 0.4) is 0 Å². The summed E-state index contributed by atoms with van der Waals surface area (Å²) in [5.41, 5.74) is 4.29. The van der Waals surface area contributed by atoms with Crippen LogP contribution in [0.1, 0.15) is 27.7 Å². The van der Waals surface area contributed by atoms with Crippen molar-refractivity contribution < 1.29 is 4.79 Å². The van der Waals surface area contributed by atoms with Crippen LogP contribution < -0.4 is 5.56 Å². The first-order chi connectivity index (χ1) is 12.9. The van der Waals surface area contributed by atoms with Crippen molar-refractivity contribution in [3.63, 3.8) is 0 Å². The van der Waals surface area contributed by atoms with Gasteiger partial charge in [0, 0.05) is 21.6 Å². The molecule has 4 aromatic rings. The van der Waals surface area contributed by atoms with Gasteiger partial charge in [0.2, 0.25) is 0 Å². The maximum absolute atomic E-state index is 12.9. The molecule has 0 bridgehead atoms. The van der Waals surface area contributed by atoms with E-state index in [-0.39, 0.29) is 11.3 Å². The minimum absolute atomic E-state index is 0.0195. The van der Waals surface area contributed by atoms with Crippen molar-refractivity contribution >= 4 is 27.3 Å². The van der Waals surface area contributed by atoms with Gasteiger partial charge >= 0.3 is 0 Å². The van der Waals surface area contributed by atoms with E-state index in [1.807, 2.05) is 44.2 Å². The molecule has 0 unspecified atom stereocenters. The molecule has 0 aliphatic heterocycles. The number of thiophene rings is 1. The highest BCUT2D eigenvalue weighted by atomic mass is 32.1. The Labute approximate surface area is 160 Å². The van der Waals surface area contributed by atoms with Gasteiger partial charge in [-0.1, -0.05) is 48.0 Å². The van der Waals surface area contributed by atoms with E-state index in [9.17, 15) is 9.59 Å². The molecule has 134 valence electrons. The minimum Gasteiger partial charge on any atom is -0.306 e. The van der Waals surface area contributed by atoms with Crippen molar-refractivity contribution in [1.82, 2.24) is 9.97 Å². The Balaban J connectivity index is 1.92. The molecule has 1 N–H and O–H groups in total. The molecule has 0 aliphatic carbocycles. The van der Waals surface area contributed by atoms with E-state index in [0.717, 1.165) is 21.6 Å². The third kappa shape index (κ3) is 3.11. The van der Waals surface area contributed by atoms with Crippen LogP contribution in [-0.2, 0) is 0 Å². The molecule has 2 aromatic carbocycles. The first-order valence-corrected chi connectivity index (χ1v) is 9.47. The molecule has 0 radical (unpaired) electrons. The second-order valence-electron chi connectivity index (χ2n) is 6.63. The number of aryl methyl sites for hydroxylation is 2. The van der Waals surface area contributed by atoms with Gasteiger partial charge in [-0.2, -0.15) is 0 Å². The van der Waals surface area contributed by atoms with Crippen LogP contribution in [-0.4, -0.2) is 15.8 Å².